The summed E-state index contributed by atoms with van der Waals surface area (Å²) >= 11 is 0. The summed E-state index contributed by atoms with van der Waals surface area (Å²) < 4.78 is 25.0. The van der Waals surface area contributed by atoms with Crippen LogP contribution in [0, 0.1) is 0 Å². The Bertz CT molecular complexity index is 443. The van der Waals surface area contributed by atoms with E-state index < -0.39 is 10.0 Å². The molecule has 0 aromatic heterocycles. The van der Waals surface area contributed by atoms with Crippen LogP contribution in [0.5, 0.6) is 0 Å². The monoisotopic (exact) mass is 242 g/mol. The Morgan fingerprint density at radius 2 is 2.06 bits per heavy atom. The minimum atomic E-state index is -3.20. The van der Waals surface area contributed by atoms with Gasteiger partial charge in [-0.15, -0.1) is 0 Å². The largest absolute Gasteiger partial charge is 0.326 e. The zero-order valence-electron chi connectivity index (χ0n) is 9.68. The highest BCUT2D eigenvalue weighted by Crippen LogP contribution is 2.18. The average Bonchev–Trinajstić information content (AvgIpc) is 2.28. The smallest absolute Gasteiger partial charge is 0.234 e. The molecule has 1 rings (SSSR count). The maximum atomic E-state index is 11.8. The van der Waals surface area contributed by atoms with Gasteiger partial charge in [0.15, 0.2) is 0 Å². The maximum Gasteiger partial charge on any atom is 0.234 e. The van der Waals surface area contributed by atoms with Gasteiger partial charge in [0.1, 0.15) is 0 Å². The lowest BCUT2D eigenvalue weighted by molar-refractivity contribution is 0.593. The Balaban J connectivity index is 3.00. The van der Waals surface area contributed by atoms with Gasteiger partial charge in [0.2, 0.25) is 10.0 Å². The van der Waals surface area contributed by atoms with Crippen LogP contribution in [0.15, 0.2) is 24.3 Å². The van der Waals surface area contributed by atoms with Gasteiger partial charge in [-0.05, 0) is 24.1 Å². The summed E-state index contributed by atoms with van der Waals surface area (Å²) in [5.41, 5.74) is 7.11. The molecule has 0 bridgehead atoms. The number of anilines is 1. The molecule has 0 spiro atoms. The summed E-state index contributed by atoms with van der Waals surface area (Å²) in [5, 5.41) is 0. The van der Waals surface area contributed by atoms with Crippen LogP contribution in [0.25, 0.3) is 0 Å². The van der Waals surface area contributed by atoms with E-state index in [2.05, 4.69) is 0 Å². The SMILES string of the molecule is CCCS(=O)(=O)N(C)c1cccc(CN)c1. The molecular weight excluding hydrogens is 224 g/mol. The standard InChI is InChI=1S/C11H18N2O2S/c1-3-7-16(14,15)13(2)11-6-4-5-10(8-11)9-12/h4-6,8H,3,7,9,12H2,1-2H3. The predicted octanol–water partition coefficient (Wildman–Crippen LogP) is 1.32. The summed E-state index contributed by atoms with van der Waals surface area (Å²) in [6, 6.07) is 7.26. The predicted molar refractivity (Wildman–Crippen MR) is 66.8 cm³/mol. The highest BCUT2D eigenvalue weighted by Gasteiger charge is 2.16. The number of benzene rings is 1. The van der Waals surface area contributed by atoms with E-state index in [9.17, 15) is 8.42 Å². The normalized spacial score (nSPS) is 11.4. The van der Waals surface area contributed by atoms with Crippen molar-refractivity contribution in [1.82, 2.24) is 0 Å². The van der Waals surface area contributed by atoms with E-state index in [1.807, 2.05) is 19.1 Å². The molecule has 0 saturated carbocycles. The van der Waals surface area contributed by atoms with E-state index in [0.29, 0.717) is 18.7 Å². The molecule has 0 heterocycles. The van der Waals surface area contributed by atoms with Crippen LogP contribution in [0.4, 0.5) is 5.69 Å². The molecule has 0 saturated heterocycles. The molecule has 16 heavy (non-hydrogen) atoms. The second kappa shape index (κ2) is 5.32. The first kappa shape index (κ1) is 13.0. The molecule has 0 aliphatic carbocycles. The Morgan fingerprint density at radius 1 is 1.38 bits per heavy atom. The number of sulfonamides is 1. The summed E-state index contributed by atoms with van der Waals surface area (Å²) in [7, 11) is -1.63. The third kappa shape index (κ3) is 2.96. The Labute approximate surface area is 97.1 Å². The zero-order valence-corrected chi connectivity index (χ0v) is 10.5. The van der Waals surface area contributed by atoms with E-state index in [4.69, 9.17) is 5.73 Å². The summed E-state index contributed by atoms with van der Waals surface area (Å²) in [6.07, 6.45) is 0.614. The Morgan fingerprint density at radius 3 is 2.62 bits per heavy atom. The number of hydrogen-bond donors (Lipinski definition) is 1. The molecule has 5 heteroatoms. The summed E-state index contributed by atoms with van der Waals surface area (Å²) in [5.74, 6) is 0.163. The molecule has 4 nitrogen and oxygen atoms in total. The third-order valence-corrected chi connectivity index (χ3v) is 4.36. The van der Waals surface area contributed by atoms with Crippen molar-refractivity contribution in [2.75, 3.05) is 17.1 Å². The summed E-state index contributed by atoms with van der Waals surface area (Å²) in [6.45, 7) is 2.26. The fourth-order valence-corrected chi connectivity index (χ4v) is 2.66. The van der Waals surface area contributed by atoms with E-state index in [1.54, 1.807) is 19.2 Å². The van der Waals surface area contributed by atoms with Crippen molar-refractivity contribution < 1.29 is 8.42 Å². The molecule has 1 aromatic carbocycles. The molecule has 0 aliphatic heterocycles. The van der Waals surface area contributed by atoms with E-state index >= 15 is 0 Å². The zero-order chi connectivity index (χ0) is 12.2. The molecule has 2 N–H and O–H groups in total. The van der Waals surface area contributed by atoms with Gasteiger partial charge in [-0.25, -0.2) is 8.42 Å². The van der Waals surface area contributed by atoms with Crippen molar-refractivity contribution in [3.8, 4) is 0 Å². The molecule has 0 amide bonds. The lowest BCUT2D eigenvalue weighted by Gasteiger charge is -2.19. The van der Waals surface area contributed by atoms with Gasteiger partial charge in [-0.3, -0.25) is 4.31 Å². The Hall–Kier alpha value is -1.07. The quantitative estimate of drug-likeness (QED) is 0.847. The molecule has 0 unspecified atom stereocenters. The summed E-state index contributed by atoms with van der Waals surface area (Å²) in [4.78, 5) is 0. The average molecular weight is 242 g/mol. The van der Waals surface area contributed by atoms with Gasteiger partial charge in [-0.1, -0.05) is 19.1 Å². The Kier molecular flexibility index (Phi) is 4.32. The molecule has 90 valence electrons. The van der Waals surface area contributed by atoms with Crippen molar-refractivity contribution in [3.05, 3.63) is 29.8 Å². The minimum absolute atomic E-state index is 0.163. The van der Waals surface area contributed by atoms with Crippen molar-refractivity contribution in [2.24, 2.45) is 5.73 Å². The van der Waals surface area contributed by atoms with Crippen molar-refractivity contribution in [1.29, 1.82) is 0 Å². The van der Waals surface area contributed by atoms with Crippen LogP contribution in [-0.2, 0) is 16.6 Å². The van der Waals surface area contributed by atoms with Crippen molar-refractivity contribution >= 4 is 15.7 Å². The fraction of sp³-hybridized carbons (Fsp3) is 0.455. The van der Waals surface area contributed by atoms with E-state index in [1.165, 1.54) is 4.31 Å². The van der Waals surface area contributed by atoms with Crippen LogP contribution in [0.2, 0.25) is 0 Å². The van der Waals surface area contributed by atoms with Gasteiger partial charge in [0.05, 0.1) is 11.4 Å². The first-order valence-electron chi connectivity index (χ1n) is 5.27. The molecular formula is C11H18N2O2S. The molecule has 0 fully saturated rings. The van der Waals surface area contributed by atoms with Gasteiger partial charge in [0.25, 0.3) is 0 Å². The highest BCUT2D eigenvalue weighted by molar-refractivity contribution is 7.92. The third-order valence-electron chi connectivity index (χ3n) is 2.39. The minimum Gasteiger partial charge on any atom is -0.326 e. The first-order chi connectivity index (χ1) is 7.51. The number of hydrogen-bond acceptors (Lipinski definition) is 3. The van der Waals surface area contributed by atoms with E-state index in [-0.39, 0.29) is 5.75 Å². The fourth-order valence-electron chi connectivity index (χ4n) is 1.43. The van der Waals surface area contributed by atoms with Crippen molar-refractivity contribution in [3.63, 3.8) is 0 Å². The van der Waals surface area contributed by atoms with Gasteiger partial charge >= 0.3 is 0 Å². The lowest BCUT2D eigenvalue weighted by atomic mass is 10.2. The second-order valence-corrected chi connectivity index (χ2v) is 5.78. The van der Waals surface area contributed by atoms with Crippen LogP contribution in [0.3, 0.4) is 0 Å². The van der Waals surface area contributed by atoms with Crippen LogP contribution >= 0.6 is 0 Å². The van der Waals surface area contributed by atoms with Crippen LogP contribution in [-0.4, -0.2) is 21.2 Å². The number of nitrogens with zero attached hydrogens (tertiary/aromatic N) is 1. The number of nitrogens with two attached hydrogens (primary N) is 1. The highest BCUT2D eigenvalue weighted by atomic mass is 32.2. The molecule has 0 aliphatic rings. The van der Waals surface area contributed by atoms with Crippen LogP contribution in [0.1, 0.15) is 18.9 Å². The van der Waals surface area contributed by atoms with Gasteiger partial charge in [-0.2, -0.15) is 0 Å². The molecule has 1 aromatic rings. The van der Waals surface area contributed by atoms with Gasteiger partial charge < -0.3 is 5.73 Å². The topological polar surface area (TPSA) is 63.4 Å². The van der Waals surface area contributed by atoms with E-state index in [0.717, 1.165) is 5.56 Å². The molecule has 0 radical (unpaired) electrons. The lowest BCUT2D eigenvalue weighted by Crippen LogP contribution is -2.28. The van der Waals surface area contributed by atoms with Crippen LogP contribution < -0.4 is 10.0 Å². The first-order valence-corrected chi connectivity index (χ1v) is 6.87. The maximum absolute atomic E-state index is 11.8. The number of rotatable bonds is 5. The second-order valence-electron chi connectivity index (χ2n) is 3.66. The molecule has 0 atom stereocenters. The van der Waals surface area contributed by atoms with Gasteiger partial charge in [0, 0.05) is 13.6 Å². The van der Waals surface area contributed by atoms with Crippen molar-refractivity contribution in [2.45, 2.75) is 19.9 Å².